The molecule has 0 radical (unpaired) electrons. The molecule has 0 atom stereocenters. The SMILES string of the molecule is COc1ccc(/C(C)=C2\SC(N3CCN(c4ccccc4)CC3)=NC2=O)cc1. The maximum atomic E-state index is 12.5. The monoisotopic (exact) mass is 393 g/mol. The summed E-state index contributed by atoms with van der Waals surface area (Å²) >= 11 is 1.49. The molecular formula is C22H23N3O2S. The van der Waals surface area contributed by atoms with Crippen LogP contribution < -0.4 is 9.64 Å². The number of benzene rings is 2. The van der Waals surface area contributed by atoms with Crippen LogP contribution in [0.15, 0.2) is 64.5 Å². The molecule has 0 N–H and O–H groups in total. The van der Waals surface area contributed by atoms with Gasteiger partial charge in [-0.05, 0) is 54.1 Å². The van der Waals surface area contributed by atoms with E-state index in [4.69, 9.17) is 4.74 Å². The number of carbonyl (C=O) groups excluding carboxylic acids is 1. The standard InChI is InChI=1S/C22H23N3O2S/c1-16(17-8-10-19(27-2)11-9-17)20-21(26)23-22(28-20)25-14-12-24(13-15-25)18-6-4-3-5-7-18/h3-11H,12-15H2,1-2H3/b20-16-. The molecule has 5 nitrogen and oxygen atoms in total. The first-order valence-electron chi connectivity index (χ1n) is 9.37. The molecule has 2 aliphatic heterocycles. The van der Waals surface area contributed by atoms with Gasteiger partial charge in [0.15, 0.2) is 5.17 Å². The highest BCUT2D eigenvalue weighted by atomic mass is 32.2. The van der Waals surface area contributed by atoms with E-state index in [0.29, 0.717) is 4.91 Å². The van der Waals surface area contributed by atoms with Gasteiger partial charge in [-0.15, -0.1) is 0 Å². The number of para-hydroxylation sites is 1. The molecule has 2 aliphatic rings. The maximum Gasteiger partial charge on any atom is 0.286 e. The fourth-order valence-electron chi connectivity index (χ4n) is 3.43. The zero-order chi connectivity index (χ0) is 19.5. The number of piperazine rings is 1. The van der Waals surface area contributed by atoms with Gasteiger partial charge in [-0.3, -0.25) is 4.79 Å². The van der Waals surface area contributed by atoms with Crippen molar-refractivity contribution in [2.75, 3.05) is 38.2 Å². The average molecular weight is 394 g/mol. The molecule has 1 fully saturated rings. The molecule has 0 spiro atoms. The molecule has 2 aromatic rings. The minimum absolute atomic E-state index is 0.140. The van der Waals surface area contributed by atoms with Gasteiger partial charge in [0, 0.05) is 31.9 Å². The molecule has 28 heavy (non-hydrogen) atoms. The lowest BCUT2D eigenvalue weighted by Crippen LogP contribution is -2.47. The van der Waals surface area contributed by atoms with E-state index in [9.17, 15) is 4.79 Å². The van der Waals surface area contributed by atoms with Gasteiger partial charge in [-0.25, -0.2) is 0 Å². The van der Waals surface area contributed by atoms with Crippen molar-refractivity contribution in [3.8, 4) is 5.75 Å². The number of amides is 1. The molecule has 0 aromatic heterocycles. The molecule has 144 valence electrons. The summed E-state index contributed by atoms with van der Waals surface area (Å²) in [6.07, 6.45) is 0. The van der Waals surface area contributed by atoms with Crippen molar-refractivity contribution in [2.45, 2.75) is 6.92 Å². The van der Waals surface area contributed by atoms with Crippen LogP contribution in [-0.2, 0) is 4.79 Å². The van der Waals surface area contributed by atoms with E-state index in [0.717, 1.165) is 48.2 Å². The highest BCUT2D eigenvalue weighted by molar-refractivity contribution is 8.18. The number of nitrogens with zero attached hydrogens (tertiary/aromatic N) is 3. The molecule has 1 amide bonds. The Morgan fingerprint density at radius 1 is 0.964 bits per heavy atom. The second kappa shape index (κ2) is 8.10. The van der Waals surface area contributed by atoms with Crippen LogP contribution in [0, 0.1) is 0 Å². The Kier molecular flexibility index (Phi) is 5.39. The zero-order valence-corrected chi connectivity index (χ0v) is 16.9. The van der Waals surface area contributed by atoms with Gasteiger partial charge >= 0.3 is 0 Å². The van der Waals surface area contributed by atoms with Crippen LogP contribution in [0.1, 0.15) is 12.5 Å². The van der Waals surface area contributed by atoms with Crippen molar-refractivity contribution in [2.24, 2.45) is 4.99 Å². The zero-order valence-electron chi connectivity index (χ0n) is 16.1. The lowest BCUT2D eigenvalue weighted by Gasteiger charge is -2.36. The Morgan fingerprint density at radius 3 is 2.25 bits per heavy atom. The Morgan fingerprint density at radius 2 is 1.61 bits per heavy atom. The number of hydrogen-bond donors (Lipinski definition) is 0. The maximum absolute atomic E-state index is 12.5. The second-order valence-corrected chi connectivity index (χ2v) is 7.77. The van der Waals surface area contributed by atoms with Crippen molar-refractivity contribution < 1.29 is 9.53 Å². The van der Waals surface area contributed by atoms with E-state index in [2.05, 4.69) is 39.1 Å². The molecule has 2 heterocycles. The number of rotatable bonds is 3. The third kappa shape index (κ3) is 3.78. The Balaban J connectivity index is 1.43. The van der Waals surface area contributed by atoms with Gasteiger partial charge in [0.1, 0.15) is 5.75 Å². The van der Waals surface area contributed by atoms with Crippen molar-refractivity contribution >= 4 is 34.1 Å². The highest BCUT2D eigenvalue weighted by Gasteiger charge is 2.30. The number of anilines is 1. The molecule has 1 saturated heterocycles. The van der Waals surface area contributed by atoms with Crippen molar-refractivity contribution in [3.05, 3.63) is 65.1 Å². The summed E-state index contributed by atoms with van der Waals surface area (Å²) in [4.78, 5) is 22.2. The fraction of sp³-hybridized carbons (Fsp3) is 0.273. The van der Waals surface area contributed by atoms with E-state index in [-0.39, 0.29) is 5.91 Å². The molecule has 4 rings (SSSR count). The van der Waals surface area contributed by atoms with Crippen LogP contribution in [0.5, 0.6) is 5.75 Å². The summed E-state index contributed by atoms with van der Waals surface area (Å²) < 4.78 is 5.21. The summed E-state index contributed by atoms with van der Waals surface area (Å²) in [5.41, 5.74) is 3.22. The van der Waals surface area contributed by atoms with Gasteiger partial charge in [0.2, 0.25) is 0 Å². The van der Waals surface area contributed by atoms with Gasteiger partial charge in [0.25, 0.3) is 5.91 Å². The molecule has 2 aromatic carbocycles. The predicted molar refractivity (Wildman–Crippen MR) is 116 cm³/mol. The average Bonchev–Trinajstić information content (AvgIpc) is 3.15. The minimum atomic E-state index is -0.140. The largest absolute Gasteiger partial charge is 0.497 e. The molecular weight excluding hydrogens is 370 g/mol. The summed E-state index contributed by atoms with van der Waals surface area (Å²) in [5.74, 6) is 0.666. The van der Waals surface area contributed by atoms with E-state index < -0.39 is 0 Å². The van der Waals surface area contributed by atoms with Crippen molar-refractivity contribution in [3.63, 3.8) is 0 Å². The predicted octanol–water partition coefficient (Wildman–Crippen LogP) is 3.88. The first kappa shape index (κ1) is 18.6. The van der Waals surface area contributed by atoms with Gasteiger partial charge in [-0.1, -0.05) is 30.3 Å². The lowest BCUT2D eigenvalue weighted by atomic mass is 10.1. The van der Waals surface area contributed by atoms with E-state index >= 15 is 0 Å². The van der Waals surface area contributed by atoms with Gasteiger partial charge in [0.05, 0.1) is 12.0 Å². The van der Waals surface area contributed by atoms with Gasteiger partial charge in [-0.2, -0.15) is 4.99 Å². The van der Waals surface area contributed by atoms with Crippen LogP contribution in [0.4, 0.5) is 5.69 Å². The molecule has 0 aliphatic carbocycles. The number of allylic oxidation sites excluding steroid dienone is 1. The van der Waals surface area contributed by atoms with Crippen LogP contribution >= 0.6 is 11.8 Å². The van der Waals surface area contributed by atoms with Crippen LogP contribution in [0.2, 0.25) is 0 Å². The van der Waals surface area contributed by atoms with Crippen LogP contribution in [-0.4, -0.2) is 49.3 Å². The summed E-state index contributed by atoms with van der Waals surface area (Å²) in [6, 6.07) is 18.2. The van der Waals surface area contributed by atoms with Crippen molar-refractivity contribution in [1.82, 2.24) is 4.90 Å². The number of aliphatic imine (C=N–C) groups is 1. The second-order valence-electron chi connectivity index (χ2n) is 6.79. The number of methoxy groups -OCH3 is 1. The third-order valence-corrected chi connectivity index (χ3v) is 6.34. The Labute approximate surface area is 169 Å². The Bertz CT molecular complexity index is 915. The number of thioether (sulfide) groups is 1. The van der Waals surface area contributed by atoms with Crippen LogP contribution in [0.3, 0.4) is 0 Å². The number of hydrogen-bond acceptors (Lipinski definition) is 5. The quantitative estimate of drug-likeness (QED) is 0.741. The van der Waals surface area contributed by atoms with E-state index in [1.165, 1.54) is 17.4 Å². The fourth-order valence-corrected chi connectivity index (χ4v) is 4.46. The number of amidine groups is 1. The van der Waals surface area contributed by atoms with Gasteiger partial charge < -0.3 is 14.5 Å². The smallest absolute Gasteiger partial charge is 0.286 e. The summed E-state index contributed by atoms with van der Waals surface area (Å²) in [7, 11) is 1.65. The molecule has 0 saturated carbocycles. The first-order chi connectivity index (χ1) is 13.7. The summed E-state index contributed by atoms with van der Waals surface area (Å²) in [5, 5.41) is 0.820. The molecule has 0 bridgehead atoms. The molecule has 0 unspecified atom stereocenters. The van der Waals surface area contributed by atoms with E-state index in [1.807, 2.05) is 37.3 Å². The molecule has 6 heteroatoms. The topological polar surface area (TPSA) is 45.1 Å². The highest BCUT2D eigenvalue weighted by Crippen LogP contribution is 2.35. The first-order valence-corrected chi connectivity index (χ1v) is 10.2. The minimum Gasteiger partial charge on any atom is -0.497 e. The lowest BCUT2D eigenvalue weighted by molar-refractivity contribution is -0.113. The summed E-state index contributed by atoms with van der Waals surface area (Å²) in [6.45, 7) is 5.56. The van der Waals surface area contributed by atoms with Crippen molar-refractivity contribution in [1.29, 1.82) is 0 Å². The number of carbonyl (C=O) groups is 1. The van der Waals surface area contributed by atoms with E-state index in [1.54, 1.807) is 7.11 Å². The number of ether oxygens (including phenoxy) is 1. The third-order valence-electron chi connectivity index (χ3n) is 5.12. The normalized spacial score (nSPS) is 18.9. The Hall–Kier alpha value is -2.73. The van der Waals surface area contributed by atoms with Crippen LogP contribution in [0.25, 0.3) is 5.57 Å².